The van der Waals surface area contributed by atoms with Crippen molar-refractivity contribution in [3.05, 3.63) is 11.1 Å². The molecular formula is C11H15N5O9S3. The summed E-state index contributed by atoms with van der Waals surface area (Å²) in [6, 6.07) is -3.03. The Morgan fingerprint density at radius 3 is 2.57 bits per heavy atom. The van der Waals surface area contributed by atoms with Crippen molar-refractivity contribution in [2.24, 2.45) is 5.16 Å². The largest absolute Gasteiger partial charge is 0.398 e. The Balaban J connectivity index is 2.24. The van der Waals surface area contributed by atoms with Crippen LogP contribution in [0, 0.1) is 0 Å². The van der Waals surface area contributed by atoms with Crippen molar-refractivity contribution < 1.29 is 40.0 Å². The molecule has 0 bridgehead atoms. The number of nitrogens with one attached hydrogen (secondary N) is 1. The van der Waals surface area contributed by atoms with Crippen molar-refractivity contribution in [3.63, 3.8) is 0 Å². The van der Waals surface area contributed by atoms with Crippen LogP contribution in [-0.2, 0) is 39.0 Å². The third-order valence-electron chi connectivity index (χ3n) is 3.32. The van der Waals surface area contributed by atoms with E-state index in [9.17, 15) is 26.4 Å². The minimum absolute atomic E-state index is 0.00288. The minimum atomic E-state index is -5.00. The maximum atomic E-state index is 12.5. The lowest BCUT2D eigenvalue weighted by Crippen LogP contribution is -2.73. The number of carbonyl (C=O) groups excluding carboxylic acids is 2. The van der Waals surface area contributed by atoms with Gasteiger partial charge < -0.3 is 15.9 Å². The Labute approximate surface area is 163 Å². The lowest BCUT2D eigenvalue weighted by molar-refractivity contribution is -0.146. The van der Waals surface area contributed by atoms with E-state index >= 15 is 0 Å². The van der Waals surface area contributed by atoms with Crippen molar-refractivity contribution >= 4 is 54.4 Å². The third kappa shape index (κ3) is 4.93. The minimum Gasteiger partial charge on any atom is -0.398 e. The first-order valence-corrected chi connectivity index (χ1v) is 11.2. The van der Waals surface area contributed by atoms with Gasteiger partial charge in [-0.15, -0.1) is 11.3 Å². The Kier molecular flexibility index (Phi) is 6.24. The molecule has 28 heavy (non-hydrogen) atoms. The van der Waals surface area contributed by atoms with Gasteiger partial charge in [0.1, 0.15) is 24.9 Å². The molecule has 0 radical (unpaired) electrons. The van der Waals surface area contributed by atoms with E-state index in [1.54, 1.807) is 0 Å². The molecule has 1 saturated heterocycles. The lowest BCUT2D eigenvalue weighted by atomic mass is 9.99. The summed E-state index contributed by atoms with van der Waals surface area (Å²) in [6.07, 6.45) is 0.703. The zero-order valence-electron chi connectivity index (χ0n) is 14.3. The molecule has 0 aliphatic carbocycles. The van der Waals surface area contributed by atoms with Gasteiger partial charge in [-0.3, -0.25) is 18.3 Å². The molecule has 17 heteroatoms. The number of nitrogens with zero attached hydrogens (tertiary/aromatic N) is 3. The third-order valence-corrected chi connectivity index (χ3v) is 5.51. The molecular weight excluding hydrogens is 442 g/mol. The molecule has 0 spiro atoms. The maximum Gasteiger partial charge on any atom is 0.362 e. The molecule has 4 N–H and O–H groups in total. The number of carbonyl (C=O) groups is 2. The summed E-state index contributed by atoms with van der Waals surface area (Å²) in [6.45, 7) is -0.824. The summed E-state index contributed by atoms with van der Waals surface area (Å²) < 4.78 is 58.6. The highest BCUT2D eigenvalue weighted by atomic mass is 32.2. The second-order valence-electron chi connectivity index (χ2n) is 5.31. The fourth-order valence-corrected chi connectivity index (χ4v) is 4.02. The molecule has 0 aromatic carbocycles. The lowest BCUT2D eigenvalue weighted by Gasteiger charge is -2.43. The molecule has 1 fully saturated rings. The highest BCUT2D eigenvalue weighted by Crippen LogP contribution is 2.24. The Hall–Kier alpha value is -2.34. The van der Waals surface area contributed by atoms with E-state index in [4.69, 9.17) is 10.3 Å². The number of nitrogens with two attached hydrogens (primary N) is 1. The van der Waals surface area contributed by atoms with E-state index in [-0.39, 0.29) is 20.8 Å². The van der Waals surface area contributed by atoms with E-state index in [2.05, 4.69) is 24.5 Å². The Morgan fingerprint density at radius 2 is 2.11 bits per heavy atom. The number of thiazole rings is 1. The number of rotatable bonds is 8. The van der Waals surface area contributed by atoms with Gasteiger partial charge in [0.25, 0.3) is 21.9 Å². The highest BCUT2D eigenvalue weighted by Gasteiger charge is 2.54. The van der Waals surface area contributed by atoms with Crippen LogP contribution in [-0.4, -0.2) is 80.3 Å². The maximum absolute atomic E-state index is 12.5. The normalized spacial score (nSPS) is 20.6. The molecule has 14 nitrogen and oxygen atoms in total. The van der Waals surface area contributed by atoms with Gasteiger partial charge in [0.05, 0.1) is 12.9 Å². The van der Waals surface area contributed by atoms with Crippen LogP contribution < -0.4 is 11.1 Å². The summed E-state index contributed by atoms with van der Waals surface area (Å²) in [5.41, 5.74) is 5.16. The highest BCUT2D eigenvalue weighted by molar-refractivity contribution is 7.86. The van der Waals surface area contributed by atoms with Gasteiger partial charge in [0.15, 0.2) is 10.8 Å². The van der Waals surface area contributed by atoms with Crippen LogP contribution in [0.2, 0.25) is 0 Å². The van der Waals surface area contributed by atoms with Crippen LogP contribution in [0.5, 0.6) is 0 Å². The average molecular weight is 457 g/mol. The quantitative estimate of drug-likeness (QED) is 0.123. The molecule has 2 amide bonds. The number of hydrogen-bond donors (Lipinski definition) is 3. The summed E-state index contributed by atoms with van der Waals surface area (Å²) in [4.78, 5) is 32.9. The number of oxime groups is 1. The van der Waals surface area contributed by atoms with Crippen molar-refractivity contribution in [1.82, 2.24) is 14.6 Å². The first-order valence-electron chi connectivity index (χ1n) is 7.13. The zero-order chi connectivity index (χ0) is 21.3. The smallest absolute Gasteiger partial charge is 0.362 e. The van der Waals surface area contributed by atoms with Crippen LogP contribution in [0.4, 0.5) is 5.13 Å². The van der Waals surface area contributed by atoms with Crippen LogP contribution in [0.25, 0.3) is 0 Å². The van der Waals surface area contributed by atoms with Gasteiger partial charge in [-0.25, -0.2) is 9.29 Å². The van der Waals surface area contributed by atoms with Gasteiger partial charge in [0.2, 0.25) is 0 Å². The van der Waals surface area contributed by atoms with Crippen LogP contribution in [0.3, 0.4) is 0 Å². The molecule has 1 aliphatic rings. The molecule has 1 aromatic heterocycles. The van der Waals surface area contributed by atoms with Crippen LogP contribution >= 0.6 is 11.3 Å². The molecule has 2 rings (SSSR count). The fourth-order valence-electron chi connectivity index (χ4n) is 2.22. The molecule has 156 valence electrons. The van der Waals surface area contributed by atoms with E-state index in [1.807, 2.05) is 0 Å². The topological polar surface area (TPSA) is 208 Å². The SMILES string of the molecule is CON=C(C(=O)NC1C(=O)N(S(=O)(=O)O)C1COS(C)(=O)=O)c1csc(N)n1. The van der Waals surface area contributed by atoms with Crippen molar-refractivity contribution in [2.45, 2.75) is 12.1 Å². The van der Waals surface area contributed by atoms with E-state index in [0.29, 0.717) is 6.26 Å². The second-order valence-corrected chi connectivity index (χ2v) is 9.14. The molecule has 2 unspecified atom stereocenters. The van der Waals surface area contributed by atoms with E-state index < -0.39 is 50.9 Å². The van der Waals surface area contributed by atoms with E-state index in [0.717, 1.165) is 18.4 Å². The summed E-state index contributed by atoms with van der Waals surface area (Å²) in [5, 5.41) is 7.20. The van der Waals surface area contributed by atoms with E-state index in [1.165, 1.54) is 5.38 Å². The molecule has 0 saturated carbocycles. The predicted molar refractivity (Wildman–Crippen MR) is 95.0 cm³/mol. The molecule has 1 aromatic rings. The number of aromatic nitrogens is 1. The first kappa shape index (κ1) is 22.0. The van der Waals surface area contributed by atoms with Crippen molar-refractivity contribution in [3.8, 4) is 0 Å². The summed E-state index contributed by atoms with van der Waals surface area (Å²) in [7, 11) is -7.84. The van der Waals surface area contributed by atoms with Crippen molar-refractivity contribution in [2.75, 3.05) is 25.7 Å². The molecule has 1 aliphatic heterocycles. The fraction of sp³-hybridized carbons (Fsp3) is 0.455. The predicted octanol–water partition coefficient (Wildman–Crippen LogP) is -2.45. The average Bonchev–Trinajstić information content (AvgIpc) is 2.97. The Bertz CT molecular complexity index is 1020. The second kappa shape index (κ2) is 7.95. The van der Waals surface area contributed by atoms with Gasteiger partial charge in [-0.05, 0) is 0 Å². The number of hydrogen-bond acceptors (Lipinski definition) is 12. The number of anilines is 1. The zero-order valence-corrected chi connectivity index (χ0v) is 16.7. The van der Waals surface area contributed by atoms with Gasteiger partial charge >= 0.3 is 10.3 Å². The number of amides is 2. The summed E-state index contributed by atoms with van der Waals surface area (Å²) >= 11 is 1.01. The molecule has 2 atom stereocenters. The van der Waals surface area contributed by atoms with Gasteiger partial charge in [0, 0.05) is 5.38 Å². The Morgan fingerprint density at radius 1 is 1.46 bits per heavy atom. The van der Waals surface area contributed by atoms with Crippen LogP contribution in [0.15, 0.2) is 10.5 Å². The van der Waals surface area contributed by atoms with Crippen LogP contribution in [0.1, 0.15) is 5.69 Å². The molecule has 2 heterocycles. The summed E-state index contributed by atoms with van der Waals surface area (Å²) in [5.74, 6) is -2.18. The first-order chi connectivity index (χ1) is 12.8. The van der Waals surface area contributed by atoms with Gasteiger partial charge in [-0.2, -0.15) is 16.8 Å². The number of nitrogen functional groups attached to an aromatic ring is 1. The van der Waals surface area contributed by atoms with Gasteiger partial charge in [-0.1, -0.05) is 5.16 Å². The monoisotopic (exact) mass is 457 g/mol. The number of β-lactam (4-membered cyclic amide) rings is 1. The van der Waals surface area contributed by atoms with Crippen molar-refractivity contribution in [1.29, 1.82) is 0 Å². The standard InChI is InChI=1S/C11H15N5O9S3/c1-24-15-7(5-4-26-11(12)13-5)9(17)14-8-6(3-25-27(2,19)20)16(10(8)18)28(21,22)23/h4,6,8H,3H2,1-2H3,(H2,12,13)(H,14,17)(H,21,22,23).